The highest BCUT2D eigenvalue weighted by atomic mass is 16.3. The second kappa shape index (κ2) is 10.2. The van der Waals surface area contributed by atoms with Crippen molar-refractivity contribution in [3.63, 3.8) is 0 Å². The number of fused-ring (bicyclic) bond motifs is 2. The summed E-state index contributed by atoms with van der Waals surface area (Å²) in [5.41, 5.74) is 9.57. The van der Waals surface area contributed by atoms with Crippen LogP contribution in [0.25, 0.3) is 0 Å². The van der Waals surface area contributed by atoms with Crippen molar-refractivity contribution in [2.75, 3.05) is 13.2 Å². The van der Waals surface area contributed by atoms with Crippen molar-refractivity contribution in [2.45, 2.75) is 99.3 Å². The molecule has 0 aliphatic heterocycles. The molecular weight excluding hydrogens is 418 g/mol. The van der Waals surface area contributed by atoms with Gasteiger partial charge < -0.3 is 10.8 Å². The summed E-state index contributed by atoms with van der Waals surface area (Å²) in [5, 5.41) is 10.5. The summed E-state index contributed by atoms with van der Waals surface area (Å²) in [5.74, 6) is 5.40. The molecule has 2 fully saturated rings. The fourth-order valence-corrected chi connectivity index (χ4v) is 9.05. The molecule has 0 aromatic carbocycles. The number of rotatable bonds is 8. The van der Waals surface area contributed by atoms with Gasteiger partial charge in [-0.1, -0.05) is 53.9 Å². The van der Waals surface area contributed by atoms with Crippen LogP contribution < -0.4 is 5.73 Å². The summed E-state index contributed by atoms with van der Waals surface area (Å²) >= 11 is 0. The van der Waals surface area contributed by atoms with E-state index in [1.54, 1.807) is 0 Å². The fraction of sp³-hybridized carbons (Fsp3) is 0.867. The highest BCUT2D eigenvalue weighted by Gasteiger charge is 2.58. The largest absolute Gasteiger partial charge is 0.396 e. The van der Waals surface area contributed by atoms with Crippen LogP contribution >= 0.6 is 0 Å². The van der Waals surface area contributed by atoms with Crippen LogP contribution in [0.3, 0.4) is 0 Å². The molecule has 1 unspecified atom stereocenters. The molecule has 34 heavy (non-hydrogen) atoms. The Hall–Kier alpha value is -1.00. The maximum Gasteiger partial charge on any atom is 0.125 e. The maximum absolute atomic E-state index is 10.5. The average Bonchev–Trinajstić information content (AvgIpc) is 3.15. The number of aromatic nitrogens is 2. The Morgan fingerprint density at radius 1 is 1.09 bits per heavy atom. The number of aliphatic hydroxyl groups excluding tert-OH is 1. The Labute approximate surface area is 208 Å². The number of nitrogens with two attached hydrogens (primary N) is 1. The molecule has 2 saturated carbocycles. The Kier molecular flexibility index (Phi) is 7.80. The van der Waals surface area contributed by atoms with Gasteiger partial charge in [0, 0.05) is 18.5 Å². The van der Waals surface area contributed by atoms with Crippen molar-refractivity contribution in [1.29, 1.82) is 0 Å². The molecule has 3 aliphatic carbocycles. The monoisotopic (exact) mass is 469 g/mol. The Morgan fingerprint density at radius 3 is 2.50 bits per heavy atom. The van der Waals surface area contributed by atoms with E-state index >= 15 is 0 Å². The predicted molar refractivity (Wildman–Crippen MR) is 140 cm³/mol. The quantitative estimate of drug-likeness (QED) is 0.491. The second-order valence-corrected chi connectivity index (χ2v) is 13.3. The van der Waals surface area contributed by atoms with E-state index in [1.807, 2.05) is 6.92 Å². The molecule has 3 aliphatic rings. The van der Waals surface area contributed by atoms with Crippen LogP contribution in [0.5, 0.6) is 0 Å². The van der Waals surface area contributed by atoms with Crippen molar-refractivity contribution >= 4 is 0 Å². The van der Waals surface area contributed by atoms with Gasteiger partial charge in [0.25, 0.3) is 0 Å². The van der Waals surface area contributed by atoms with Gasteiger partial charge in [-0.2, -0.15) is 0 Å². The molecular formula is C30H51N3O. The van der Waals surface area contributed by atoms with Crippen LogP contribution in [-0.4, -0.2) is 28.2 Å². The molecule has 3 N–H and O–H groups in total. The van der Waals surface area contributed by atoms with E-state index < -0.39 is 0 Å². The van der Waals surface area contributed by atoms with Crippen molar-refractivity contribution in [1.82, 2.24) is 9.97 Å². The summed E-state index contributed by atoms with van der Waals surface area (Å²) in [4.78, 5) is 9.27. The Bertz CT molecular complexity index is 840. The van der Waals surface area contributed by atoms with Crippen LogP contribution in [0.4, 0.5) is 0 Å². The lowest BCUT2D eigenvalue weighted by atomic mass is 9.48. The van der Waals surface area contributed by atoms with Gasteiger partial charge in [0.05, 0.1) is 0 Å². The third kappa shape index (κ3) is 4.59. The van der Waals surface area contributed by atoms with E-state index in [0.717, 1.165) is 54.6 Å². The number of hydrogen-bond acceptors (Lipinski definition) is 4. The van der Waals surface area contributed by atoms with Crippen molar-refractivity contribution in [2.24, 2.45) is 58.0 Å². The molecule has 4 rings (SSSR count). The number of hydrogen-bond donors (Lipinski definition) is 2. The molecule has 8 atom stereocenters. The van der Waals surface area contributed by atoms with Gasteiger partial charge in [-0.3, -0.25) is 0 Å². The van der Waals surface area contributed by atoms with E-state index in [9.17, 15) is 5.11 Å². The molecule has 4 heteroatoms. The lowest BCUT2D eigenvalue weighted by Gasteiger charge is -2.57. The first-order valence-corrected chi connectivity index (χ1v) is 14.3. The first kappa shape index (κ1) is 26.1. The second-order valence-electron chi connectivity index (χ2n) is 13.3. The van der Waals surface area contributed by atoms with Gasteiger partial charge in [0.15, 0.2) is 0 Å². The van der Waals surface area contributed by atoms with Crippen LogP contribution in [0.1, 0.15) is 96.6 Å². The highest BCUT2D eigenvalue weighted by molar-refractivity contribution is 5.25. The number of nitrogens with zero attached hydrogens (tertiary/aromatic N) is 2. The summed E-state index contributed by atoms with van der Waals surface area (Å²) in [6.45, 7) is 15.3. The zero-order valence-electron chi connectivity index (χ0n) is 22.8. The molecule has 1 aromatic rings. The summed E-state index contributed by atoms with van der Waals surface area (Å²) < 4.78 is 0. The SMILES string of the molecule is Cc1ncc2c(n1)C[C@H](CO)[C@@](C)([C@H]1CC[C@]3(C)[C@@H](C(C)CCCC(C)C)CC[C@H]3[C@@H]1CN)C2. The smallest absolute Gasteiger partial charge is 0.125 e. The molecule has 192 valence electrons. The molecule has 1 heterocycles. The lowest BCUT2D eigenvalue weighted by Crippen LogP contribution is -2.54. The van der Waals surface area contributed by atoms with Gasteiger partial charge in [-0.05, 0) is 110 Å². The van der Waals surface area contributed by atoms with E-state index in [2.05, 4.69) is 45.8 Å². The third-order valence-corrected chi connectivity index (χ3v) is 11.0. The minimum Gasteiger partial charge on any atom is -0.396 e. The predicted octanol–water partition coefficient (Wildman–Crippen LogP) is 5.98. The standard InChI is InChI=1S/C30H51N3O/c1-19(2)8-7-9-20(3)25-10-11-26-24(16-31)27(12-13-29(25,26)5)30(6)15-22-17-32-21(4)33-28(22)14-23(30)18-34/h17,19-20,23-27,34H,7-16,18,31H2,1-6H3/t20?,23-,24+,25-,26+,27+,29-,30+/m1/s1. The number of aliphatic hydroxyl groups is 1. The Morgan fingerprint density at radius 2 is 1.82 bits per heavy atom. The van der Waals surface area contributed by atoms with Gasteiger partial charge in [0.1, 0.15) is 5.82 Å². The van der Waals surface area contributed by atoms with E-state index in [0.29, 0.717) is 17.3 Å². The molecule has 0 amide bonds. The van der Waals surface area contributed by atoms with Crippen LogP contribution in [-0.2, 0) is 12.8 Å². The lowest BCUT2D eigenvalue weighted by molar-refractivity contribution is -0.0763. The van der Waals surface area contributed by atoms with Crippen LogP contribution in [0.2, 0.25) is 0 Å². The zero-order valence-corrected chi connectivity index (χ0v) is 22.8. The van der Waals surface area contributed by atoms with E-state index in [-0.39, 0.29) is 17.9 Å². The van der Waals surface area contributed by atoms with E-state index in [1.165, 1.54) is 50.5 Å². The van der Waals surface area contributed by atoms with Gasteiger partial charge in [-0.15, -0.1) is 0 Å². The van der Waals surface area contributed by atoms with Crippen LogP contribution in [0.15, 0.2) is 6.20 Å². The van der Waals surface area contributed by atoms with Gasteiger partial charge in [0.2, 0.25) is 0 Å². The zero-order chi connectivity index (χ0) is 24.7. The molecule has 4 nitrogen and oxygen atoms in total. The third-order valence-electron chi connectivity index (χ3n) is 11.0. The average molecular weight is 470 g/mol. The van der Waals surface area contributed by atoms with Crippen molar-refractivity contribution < 1.29 is 5.11 Å². The van der Waals surface area contributed by atoms with Crippen molar-refractivity contribution in [3.05, 3.63) is 23.3 Å². The van der Waals surface area contributed by atoms with Crippen molar-refractivity contribution in [3.8, 4) is 0 Å². The molecule has 0 saturated heterocycles. The van der Waals surface area contributed by atoms with Gasteiger partial charge in [-0.25, -0.2) is 9.97 Å². The summed E-state index contributed by atoms with van der Waals surface area (Å²) in [6.07, 6.45) is 13.3. The fourth-order valence-electron chi connectivity index (χ4n) is 9.05. The van der Waals surface area contributed by atoms with Crippen LogP contribution in [0, 0.1) is 59.2 Å². The number of aryl methyl sites for hydroxylation is 1. The minimum atomic E-state index is 0.0622. The highest BCUT2D eigenvalue weighted by Crippen LogP contribution is 2.64. The molecule has 0 radical (unpaired) electrons. The van der Waals surface area contributed by atoms with E-state index in [4.69, 9.17) is 10.7 Å². The topological polar surface area (TPSA) is 72.0 Å². The first-order valence-electron chi connectivity index (χ1n) is 14.3. The summed E-state index contributed by atoms with van der Waals surface area (Å²) in [6, 6.07) is 0. The first-order chi connectivity index (χ1) is 16.1. The minimum absolute atomic E-state index is 0.0622. The summed E-state index contributed by atoms with van der Waals surface area (Å²) in [7, 11) is 0. The normalized spacial score (nSPS) is 38.6. The molecule has 0 bridgehead atoms. The maximum atomic E-state index is 10.5. The van der Waals surface area contributed by atoms with Gasteiger partial charge >= 0.3 is 0 Å². The Balaban J connectivity index is 1.55. The molecule has 0 spiro atoms. The molecule has 1 aromatic heterocycles.